The Kier molecular flexibility index (Phi) is 6.85. The Balaban J connectivity index is 1.35. The Hall–Kier alpha value is -3.19. The first-order chi connectivity index (χ1) is 15.5. The second kappa shape index (κ2) is 9.96. The number of carbonyl (C=O) groups excluding carboxylic acids is 2. The molecule has 0 radical (unpaired) electrons. The van der Waals surface area contributed by atoms with E-state index in [-0.39, 0.29) is 17.9 Å². The van der Waals surface area contributed by atoms with Crippen molar-refractivity contribution in [1.29, 1.82) is 0 Å². The molecule has 0 spiro atoms. The molecule has 2 aromatic carbocycles. The lowest BCUT2D eigenvalue weighted by atomic mass is 10.0. The average Bonchev–Trinajstić information content (AvgIpc) is 3.22. The molecule has 0 bridgehead atoms. The van der Waals surface area contributed by atoms with E-state index in [9.17, 15) is 9.59 Å². The minimum Gasteiger partial charge on any atom is -0.494 e. The number of nitrogens with zero attached hydrogens (tertiary/aromatic N) is 2. The third kappa shape index (κ3) is 4.99. The lowest BCUT2D eigenvalue weighted by Crippen LogP contribution is -2.46. The van der Waals surface area contributed by atoms with Gasteiger partial charge in [-0.2, -0.15) is 0 Å². The number of piperidine rings is 1. The molecule has 1 saturated heterocycles. The molecule has 32 heavy (non-hydrogen) atoms. The Morgan fingerprint density at radius 3 is 2.44 bits per heavy atom. The molecule has 166 valence electrons. The van der Waals surface area contributed by atoms with E-state index >= 15 is 0 Å². The van der Waals surface area contributed by atoms with Crippen LogP contribution >= 0.6 is 11.3 Å². The number of rotatable bonds is 6. The van der Waals surface area contributed by atoms with Gasteiger partial charge in [-0.25, -0.2) is 4.98 Å². The van der Waals surface area contributed by atoms with Crippen LogP contribution in [0.25, 0.3) is 11.3 Å². The highest BCUT2D eigenvalue weighted by Gasteiger charge is 2.26. The summed E-state index contributed by atoms with van der Waals surface area (Å²) < 4.78 is 5.44. The van der Waals surface area contributed by atoms with Gasteiger partial charge in [0.05, 0.1) is 17.3 Å². The van der Waals surface area contributed by atoms with Gasteiger partial charge in [0.2, 0.25) is 0 Å². The third-order valence-corrected chi connectivity index (χ3v) is 6.49. The summed E-state index contributed by atoms with van der Waals surface area (Å²) in [6.07, 6.45) is 1.46. The SMILES string of the molecule is CCOc1ccc(C(=O)N2CCC(NC(=O)c3sc(C)nc3-c3ccccc3)CC2)cc1. The van der Waals surface area contributed by atoms with Crippen LogP contribution in [0.15, 0.2) is 54.6 Å². The van der Waals surface area contributed by atoms with E-state index in [1.807, 2.05) is 61.2 Å². The minimum atomic E-state index is -0.0919. The molecule has 0 atom stereocenters. The summed E-state index contributed by atoms with van der Waals surface area (Å²) in [4.78, 5) is 32.9. The van der Waals surface area contributed by atoms with Crippen molar-refractivity contribution < 1.29 is 14.3 Å². The number of benzene rings is 2. The highest BCUT2D eigenvalue weighted by Crippen LogP contribution is 2.28. The second-order valence-electron chi connectivity index (χ2n) is 7.77. The molecule has 6 nitrogen and oxygen atoms in total. The zero-order valence-electron chi connectivity index (χ0n) is 18.3. The van der Waals surface area contributed by atoms with Crippen LogP contribution < -0.4 is 10.1 Å². The van der Waals surface area contributed by atoms with Crippen LogP contribution in [0.5, 0.6) is 5.75 Å². The molecule has 4 rings (SSSR count). The summed E-state index contributed by atoms with van der Waals surface area (Å²) >= 11 is 1.42. The molecule has 3 aromatic rings. The quantitative estimate of drug-likeness (QED) is 0.599. The van der Waals surface area contributed by atoms with Crippen molar-refractivity contribution in [3.8, 4) is 17.0 Å². The topological polar surface area (TPSA) is 71.5 Å². The lowest BCUT2D eigenvalue weighted by Gasteiger charge is -2.32. The number of aryl methyl sites for hydroxylation is 1. The summed E-state index contributed by atoms with van der Waals surface area (Å²) in [5.74, 6) is 0.687. The normalized spacial score (nSPS) is 14.2. The van der Waals surface area contributed by atoms with Gasteiger partial charge < -0.3 is 15.0 Å². The van der Waals surface area contributed by atoms with Crippen molar-refractivity contribution in [3.05, 3.63) is 70.0 Å². The summed E-state index contributed by atoms with van der Waals surface area (Å²) in [7, 11) is 0. The Morgan fingerprint density at radius 2 is 1.78 bits per heavy atom. The number of hydrogen-bond donors (Lipinski definition) is 1. The molecule has 0 aliphatic carbocycles. The molecule has 1 N–H and O–H groups in total. The van der Waals surface area contributed by atoms with Gasteiger partial charge in [-0.3, -0.25) is 9.59 Å². The van der Waals surface area contributed by atoms with Gasteiger partial charge in [0, 0.05) is 30.3 Å². The molecule has 0 saturated carbocycles. The largest absolute Gasteiger partial charge is 0.494 e. The first kappa shape index (κ1) is 22.0. The van der Waals surface area contributed by atoms with Crippen molar-refractivity contribution >= 4 is 23.2 Å². The first-order valence-electron chi connectivity index (χ1n) is 10.9. The molecule has 1 aliphatic rings. The zero-order chi connectivity index (χ0) is 22.5. The summed E-state index contributed by atoms with van der Waals surface area (Å²) in [6, 6.07) is 17.1. The fourth-order valence-electron chi connectivity index (χ4n) is 3.89. The molecule has 7 heteroatoms. The van der Waals surface area contributed by atoms with Gasteiger partial charge >= 0.3 is 0 Å². The number of likely N-dealkylation sites (tertiary alicyclic amines) is 1. The highest BCUT2D eigenvalue weighted by molar-refractivity contribution is 7.14. The van der Waals surface area contributed by atoms with E-state index in [4.69, 9.17) is 4.74 Å². The maximum Gasteiger partial charge on any atom is 0.263 e. The number of thiazole rings is 1. The van der Waals surface area contributed by atoms with Gasteiger partial charge in [0.15, 0.2) is 0 Å². The molecular formula is C25H27N3O3S. The fraction of sp³-hybridized carbons (Fsp3) is 0.320. The highest BCUT2D eigenvalue weighted by atomic mass is 32.1. The lowest BCUT2D eigenvalue weighted by molar-refractivity contribution is 0.0698. The monoisotopic (exact) mass is 449 g/mol. The second-order valence-corrected chi connectivity index (χ2v) is 8.98. The van der Waals surface area contributed by atoms with Crippen molar-refractivity contribution in [1.82, 2.24) is 15.2 Å². The van der Waals surface area contributed by atoms with E-state index in [0.29, 0.717) is 30.1 Å². The average molecular weight is 450 g/mol. The first-order valence-corrected chi connectivity index (χ1v) is 11.7. The van der Waals surface area contributed by atoms with E-state index in [2.05, 4.69) is 10.3 Å². The summed E-state index contributed by atoms with van der Waals surface area (Å²) in [5, 5.41) is 4.02. The number of amides is 2. The van der Waals surface area contributed by atoms with Crippen molar-refractivity contribution in [2.75, 3.05) is 19.7 Å². The number of hydrogen-bond acceptors (Lipinski definition) is 5. The van der Waals surface area contributed by atoms with Crippen LogP contribution in [-0.4, -0.2) is 47.4 Å². The third-order valence-electron chi connectivity index (χ3n) is 5.52. The smallest absolute Gasteiger partial charge is 0.263 e. The predicted molar refractivity (Wildman–Crippen MR) is 126 cm³/mol. The number of carbonyl (C=O) groups is 2. The summed E-state index contributed by atoms with van der Waals surface area (Å²) in [5.41, 5.74) is 2.33. The predicted octanol–water partition coefficient (Wildman–Crippen LogP) is 4.55. The van der Waals surface area contributed by atoms with Gasteiger partial charge in [-0.1, -0.05) is 30.3 Å². The van der Waals surface area contributed by atoms with E-state index in [1.165, 1.54) is 11.3 Å². The maximum atomic E-state index is 13.0. The van der Waals surface area contributed by atoms with Gasteiger partial charge in [-0.05, 0) is 51.0 Å². The zero-order valence-corrected chi connectivity index (χ0v) is 19.2. The molecule has 1 aromatic heterocycles. The van der Waals surface area contributed by atoms with Crippen LogP contribution in [0.3, 0.4) is 0 Å². The van der Waals surface area contributed by atoms with Crippen LogP contribution in [0.1, 0.15) is 44.8 Å². The maximum absolute atomic E-state index is 13.0. The van der Waals surface area contributed by atoms with Gasteiger partial charge in [-0.15, -0.1) is 11.3 Å². The van der Waals surface area contributed by atoms with E-state index < -0.39 is 0 Å². The van der Waals surface area contributed by atoms with Crippen LogP contribution in [0, 0.1) is 6.92 Å². The number of nitrogens with one attached hydrogen (secondary N) is 1. The Labute approximate surface area is 192 Å². The van der Waals surface area contributed by atoms with E-state index in [0.717, 1.165) is 34.9 Å². The molecule has 2 amide bonds. The minimum absolute atomic E-state index is 0.0160. The standard InChI is InChI=1S/C25H27N3O3S/c1-3-31-21-11-9-19(10-12-21)25(30)28-15-13-20(14-16-28)27-24(29)23-22(26-17(2)32-23)18-7-5-4-6-8-18/h4-12,20H,3,13-16H2,1-2H3,(H,27,29). The molecular weight excluding hydrogens is 422 g/mol. The van der Waals surface area contributed by atoms with Crippen molar-refractivity contribution in [3.63, 3.8) is 0 Å². The van der Waals surface area contributed by atoms with Crippen molar-refractivity contribution in [2.24, 2.45) is 0 Å². The Morgan fingerprint density at radius 1 is 1.09 bits per heavy atom. The van der Waals surface area contributed by atoms with Crippen LogP contribution in [0.2, 0.25) is 0 Å². The van der Waals surface area contributed by atoms with Gasteiger partial charge in [0.1, 0.15) is 10.6 Å². The van der Waals surface area contributed by atoms with Crippen LogP contribution in [0.4, 0.5) is 0 Å². The van der Waals surface area contributed by atoms with E-state index in [1.54, 1.807) is 12.1 Å². The van der Waals surface area contributed by atoms with Crippen LogP contribution in [-0.2, 0) is 0 Å². The molecule has 0 unspecified atom stereocenters. The molecule has 1 fully saturated rings. The fourth-order valence-corrected chi connectivity index (χ4v) is 4.74. The summed E-state index contributed by atoms with van der Waals surface area (Å²) in [6.45, 7) is 5.68. The number of ether oxygens (including phenoxy) is 1. The Bertz CT molecular complexity index is 1070. The van der Waals surface area contributed by atoms with Crippen molar-refractivity contribution in [2.45, 2.75) is 32.7 Å². The number of aromatic nitrogens is 1. The molecule has 1 aliphatic heterocycles. The van der Waals surface area contributed by atoms with Gasteiger partial charge in [0.25, 0.3) is 11.8 Å². The molecule has 2 heterocycles.